The summed E-state index contributed by atoms with van der Waals surface area (Å²) in [6.45, 7) is 0.308. The zero-order valence-electron chi connectivity index (χ0n) is 14.3. The van der Waals surface area contributed by atoms with Gasteiger partial charge in [-0.2, -0.15) is 0 Å². The number of aromatic nitrogens is 2. The van der Waals surface area contributed by atoms with Crippen LogP contribution in [0.1, 0.15) is 30.1 Å². The summed E-state index contributed by atoms with van der Waals surface area (Å²) >= 11 is 2.95. The molecule has 1 aliphatic carbocycles. The van der Waals surface area contributed by atoms with Gasteiger partial charge in [-0.25, -0.2) is 9.97 Å². The van der Waals surface area contributed by atoms with Crippen molar-refractivity contribution in [3.8, 4) is 0 Å². The van der Waals surface area contributed by atoms with Crippen LogP contribution in [0.2, 0.25) is 0 Å². The third-order valence-corrected chi connectivity index (χ3v) is 6.34. The fourth-order valence-electron chi connectivity index (χ4n) is 3.25. The molecule has 4 rings (SSSR count). The number of fused-ring (bicyclic) bond motifs is 2. The molecule has 2 aromatic heterocycles. The van der Waals surface area contributed by atoms with Crippen molar-refractivity contribution in [2.75, 3.05) is 18.1 Å². The van der Waals surface area contributed by atoms with Gasteiger partial charge in [0.05, 0.1) is 24.2 Å². The number of aliphatic hydroxyl groups is 1. The Bertz CT molecular complexity index is 899. The average Bonchev–Trinajstić information content (AvgIpc) is 3.14. The lowest BCUT2D eigenvalue weighted by molar-refractivity contribution is -0.00960. The molecular formula is C19H21N3O2S2. The number of benzene rings is 1. The lowest BCUT2D eigenvalue weighted by Gasteiger charge is -2.26. The first kappa shape index (κ1) is 17.7. The summed E-state index contributed by atoms with van der Waals surface area (Å²) in [6.07, 6.45) is 2.75. The van der Waals surface area contributed by atoms with Crippen LogP contribution in [0.5, 0.6) is 0 Å². The van der Waals surface area contributed by atoms with Crippen molar-refractivity contribution in [3.63, 3.8) is 0 Å². The zero-order chi connectivity index (χ0) is 17.9. The second-order valence-electron chi connectivity index (χ2n) is 6.41. The molecule has 7 heteroatoms. The minimum Gasteiger partial charge on any atom is -0.390 e. The summed E-state index contributed by atoms with van der Waals surface area (Å²) < 4.78 is 6.01. The number of aliphatic hydroxyl groups excluding tert-OH is 1. The quantitative estimate of drug-likeness (QED) is 0.494. The fraction of sp³-hybridized carbons (Fsp3) is 0.368. The van der Waals surface area contributed by atoms with E-state index in [1.54, 1.807) is 11.3 Å². The van der Waals surface area contributed by atoms with E-state index in [9.17, 15) is 5.11 Å². The molecule has 5 nitrogen and oxygen atoms in total. The van der Waals surface area contributed by atoms with Gasteiger partial charge >= 0.3 is 0 Å². The Morgan fingerprint density at radius 2 is 2.19 bits per heavy atom. The highest BCUT2D eigenvalue weighted by molar-refractivity contribution is 7.99. The van der Waals surface area contributed by atoms with Crippen LogP contribution in [0.25, 0.3) is 10.2 Å². The van der Waals surface area contributed by atoms with Crippen LogP contribution in [-0.4, -0.2) is 33.5 Å². The maximum atomic E-state index is 10.3. The Kier molecular flexibility index (Phi) is 5.40. The van der Waals surface area contributed by atoms with Crippen LogP contribution < -0.4 is 5.73 Å². The van der Waals surface area contributed by atoms with E-state index in [1.165, 1.54) is 22.9 Å². The van der Waals surface area contributed by atoms with E-state index < -0.39 is 6.10 Å². The van der Waals surface area contributed by atoms with Gasteiger partial charge in [0.1, 0.15) is 10.6 Å². The molecule has 2 heterocycles. The summed E-state index contributed by atoms with van der Waals surface area (Å²) in [4.78, 5) is 9.67. The van der Waals surface area contributed by atoms with E-state index in [0.29, 0.717) is 23.3 Å². The van der Waals surface area contributed by atoms with Gasteiger partial charge in [0.25, 0.3) is 0 Å². The number of thioether (sulfide) groups is 1. The number of hydrogen-bond acceptors (Lipinski definition) is 7. The molecule has 0 saturated heterocycles. The van der Waals surface area contributed by atoms with Crippen LogP contribution in [0.3, 0.4) is 0 Å². The number of nitrogens with two attached hydrogens (primary N) is 1. The molecule has 0 radical (unpaired) electrons. The van der Waals surface area contributed by atoms with Crippen LogP contribution >= 0.6 is 23.1 Å². The topological polar surface area (TPSA) is 81.3 Å². The Morgan fingerprint density at radius 3 is 3.12 bits per heavy atom. The van der Waals surface area contributed by atoms with Crippen LogP contribution in [0.15, 0.2) is 40.9 Å². The molecule has 0 spiro atoms. The van der Waals surface area contributed by atoms with E-state index in [4.69, 9.17) is 10.5 Å². The Labute approximate surface area is 160 Å². The molecule has 136 valence electrons. The van der Waals surface area contributed by atoms with Gasteiger partial charge < -0.3 is 15.6 Å². The van der Waals surface area contributed by atoms with E-state index in [1.807, 2.05) is 11.4 Å². The second kappa shape index (κ2) is 7.92. The Hall–Kier alpha value is -1.67. The summed E-state index contributed by atoms with van der Waals surface area (Å²) in [5.41, 5.74) is 8.59. The molecule has 0 fully saturated rings. The normalized spacial score (nSPS) is 18.0. The lowest BCUT2D eigenvalue weighted by atomic mass is 9.89. The van der Waals surface area contributed by atoms with Gasteiger partial charge in [0.15, 0.2) is 5.16 Å². The summed E-state index contributed by atoms with van der Waals surface area (Å²) in [5, 5.41) is 13.7. The van der Waals surface area contributed by atoms with Crippen molar-refractivity contribution in [2.45, 2.75) is 36.6 Å². The van der Waals surface area contributed by atoms with Crippen molar-refractivity contribution < 1.29 is 9.84 Å². The molecule has 1 aliphatic rings. The molecule has 0 saturated carbocycles. The van der Waals surface area contributed by atoms with Gasteiger partial charge in [-0.05, 0) is 41.8 Å². The Morgan fingerprint density at radius 1 is 1.31 bits per heavy atom. The number of nitrogens with zero attached hydrogens (tertiary/aromatic N) is 2. The summed E-state index contributed by atoms with van der Waals surface area (Å²) in [7, 11) is 0. The van der Waals surface area contributed by atoms with Crippen molar-refractivity contribution in [1.82, 2.24) is 9.97 Å². The SMILES string of the molecule is Nc1nc(SCC(O)COC2CCCc3ccccc32)nc2sccc12. The van der Waals surface area contributed by atoms with Gasteiger partial charge in [-0.1, -0.05) is 36.0 Å². The first-order valence-electron chi connectivity index (χ1n) is 8.71. The first-order chi connectivity index (χ1) is 12.7. The maximum absolute atomic E-state index is 10.3. The minimum absolute atomic E-state index is 0.0777. The molecule has 2 unspecified atom stereocenters. The predicted octanol–water partition coefficient (Wildman–Crippen LogP) is 3.82. The molecule has 0 aliphatic heterocycles. The fourth-order valence-corrected chi connectivity index (χ4v) is 4.84. The lowest BCUT2D eigenvalue weighted by Crippen LogP contribution is -2.22. The number of aryl methyl sites for hydroxylation is 1. The van der Waals surface area contributed by atoms with E-state index in [-0.39, 0.29) is 6.10 Å². The summed E-state index contributed by atoms with van der Waals surface area (Å²) in [6, 6.07) is 10.3. The molecule has 3 N–H and O–H groups in total. The molecule has 26 heavy (non-hydrogen) atoms. The predicted molar refractivity (Wildman–Crippen MR) is 107 cm³/mol. The molecule has 0 bridgehead atoms. The highest BCUT2D eigenvalue weighted by Crippen LogP contribution is 2.32. The minimum atomic E-state index is -0.571. The summed E-state index contributed by atoms with van der Waals surface area (Å²) in [5.74, 6) is 0.966. The monoisotopic (exact) mass is 387 g/mol. The molecule has 2 atom stereocenters. The Balaban J connectivity index is 1.32. The molecule has 3 aromatic rings. The van der Waals surface area contributed by atoms with Crippen molar-refractivity contribution in [1.29, 1.82) is 0 Å². The number of nitrogen functional groups attached to an aromatic ring is 1. The maximum Gasteiger partial charge on any atom is 0.190 e. The van der Waals surface area contributed by atoms with Crippen molar-refractivity contribution >= 4 is 39.1 Å². The molecule has 0 amide bonds. The molecule has 1 aromatic carbocycles. The molecular weight excluding hydrogens is 366 g/mol. The van der Waals surface area contributed by atoms with Crippen molar-refractivity contribution in [3.05, 3.63) is 46.8 Å². The highest BCUT2D eigenvalue weighted by atomic mass is 32.2. The van der Waals surface area contributed by atoms with Crippen molar-refractivity contribution in [2.24, 2.45) is 0 Å². The standard InChI is InChI=1S/C19H21N3O2S2/c20-17-15-8-9-25-18(15)22-19(21-17)26-11-13(23)10-24-16-7-3-5-12-4-1-2-6-14(12)16/h1-2,4,6,8-9,13,16,23H,3,5,7,10-11H2,(H2,20,21,22). The first-order valence-corrected chi connectivity index (χ1v) is 10.6. The third-order valence-electron chi connectivity index (χ3n) is 4.54. The number of ether oxygens (including phenoxy) is 1. The largest absolute Gasteiger partial charge is 0.390 e. The van der Waals surface area contributed by atoms with Gasteiger partial charge in [0.2, 0.25) is 0 Å². The van der Waals surface area contributed by atoms with Crippen LogP contribution in [-0.2, 0) is 11.2 Å². The van der Waals surface area contributed by atoms with E-state index >= 15 is 0 Å². The third kappa shape index (κ3) is 3.86. The van der Waals surface area contributed by atoms with Gasteiger partial charge in [0, 0.05) is 5.75 Å². The van der Waals surface area contributed by atoms with Gasteiger partial charge in [-0.3, -0.25) is 0 Å². The van der Waals surface area contributed by atoms with Gasteiger partial charge in [-0.15, -0.1) is 11.3 Å². The number of hydrogen-bond donors (Lipinski definition) is 2. The van der Waals surface area contributed by atoms with E-state index in [0.717, 1.165) is 29.5 Å². The number of anilines is 1. The smallest absolute Gasteiger partial charge is 0.190 e. The number of rotatable bonds is 6. The highest BCUT2D eigenvalue weighted by Gasteiger charge is 2.21. The second-order valence-corrected chi connectivity index (χ2v) is 8.29. The van der Waals surface area contributed by atoms with Crippen LogP contribution in [0.4, 0.5) is 5.82 Å². The zero-order valence-corrected chi connectivity index (χ0v) is 15.9. The average molecular weight is 388 g/mol. The van der Waals surface area contributed by atoms with Crippen LogP contribution in [0, 0.1) is 0 Å². The number of thiophene rings is 1. The van der Waals surface area contributed by atoms with E-state index in [2.05, 4.69) is 34.2 Å².